The number of amides is 2. The van der Waals surface area contributed by atoms with E-state index in [1.165, 1.54) is 0 Å². The molecule has 0 bridgehead atoms. The lowest BCUT2D eigenvalue weighted by molar-refractivity contribution is 0.143. The number of rotatable bonds is 9. The van der Waals surface area contributed by atoms with Gasteiger partial charge in [0.05, 0.1) is 13.7 Å². The summed E-state index contributed by atoms with van der Waals surface area (Å²) < 4.78 is 15.3. The maximum Gasteiger partial charge on any atom is 0.321 e. The Hall–Kier alpha value is -1.79. The van der Waals surface area contributed by atoms with E-state index in [1.807, 2.05) is 25.1 Å². The van der Waals surface area contributed by atoms with E-state index >= 15 is 0 Å². The largest absolute Gasteiger partial charge is 0.496 e. The van der Waals surface area contributed by atoms with E-state index in [1.54, 1.807) is 26.2 Å². The van der Waals surface area contributed by atoms with Crippen LogP contribution in [0.5, 0.6) is 5.75 Å². The highest BCUT2D eigenvalue weighted by Crippen LogP contribution is 2.21. The first-order valence-corrected chi connectivity index (χ1v) is 7.30. The molecule has 0 saturated heterocycles. The van der Waals surface area contributed by atoms with Crippen LogP contribution in [0.3, 0.4) is 0 Å². The van der Waals surface area contributed by atoms with Crippen molar-refractivity contribution in [2.24, 2.45) is 0 Å². The SMILES string of the molecule is COCCCN(CCOC)C(=O)Nc1ccc(OC)c(C)c1. The van der Waals surface area contributed by atoms with E-state index < -0.39 is 0 Å². The number of nitrogens with one attached hydrogen (secondary N) is 1. The normalized spacial score (nSPS) is 10.4. The van der Waals surface area contributed by atoms with Crippen molar-refractivity contribution in [1.82, 2.24) is 4.90 Å². The molecule has 6 heteroatoms. The second-order valence-corrected chi connectivity index (χ2v) is 4.94. The molecule has 2 amide bonds. The molecule has 0 heterocycles. The molecular weight excluding hydrogens is 284 g/mol. The fourth-order valence-electron chi connectivity index (χ4n) is 2.07. The first kappa shape index (κ1) is 18.3. The number of hydrogen-bond donors (Lipinski definition) is 1. The van der Waals surface area contributed by atoms with Gasteiger partial charge in [0.15, 0.2) is 0 Å². The van der Waals surface area contributed by atoms with Crippen LogP contribution >= 0.6 is 0 Å². The average molecular weight is 310 g/mol. The molecule has 0 atom stereocenters. The third-order valence-electron chi connectivity index (χ3n) is 3.28. The van der Waals surface area contributed by atoms with Gasteiger partial charge in [-0.3, -0.25) is 0 Å². The summed E-state index contributed by atoms with van der Waals surface area (Å²) in [4.78, 5) is 14.1. The Morgan fingerprint density at radius 1 is 1.14 bits per heavy atom. The standard InChI is InChI=1S/C16H26N2O4/c1-13-12-14(6-7-15(13)22-4)17-16(19)18(9-11-21-3)8-5-10-20-2/h6-7,12H,5,8-11H2,1-4H3,(H,17,19). The van der Waals surface area contributed by atoms with Crippen LogP contribution in [0.25, 0.3) is 0 Å². The topological polar surface area (TPSA) is 60.0 Å². The van der Waals surface area contributed by atoms with Crippen molar-refractivity contribution >= 4 is 11.7 Å². The molecule has 0 spiro atoms. The van der Waals surface area contributed by atoms with Gasteiger partial charge < -0.3 is 24.4 Å². The number of hydrogen-bond acceptors (Lipinski definition) is 4. The Morgan fingerprint density at radius 3 is 2.45 bits per heavy atom. The fraction of sp³-hybridized carbons (Fsp3) is 0.562. The molecule has 0 unspecified atom stereocenters. The fourth-order valence-corrected chi connectivity index (χ4v) is 2.07. The van der Waals surface area contributed by atoms with Gasteiger partial charge in [0, 0.05) is 39.6 Å². The molecule has 0 fully saturated rings. The van der Waals surface area contributed by atoms with Crippen LogP contribution in [0, 0.1) is 6.92 Å². The molecule has 0 aliphatic rings. The summed E-state index contributed by atoms with van der Waals surface area (Å²) in [7, 11) is 4.90. The lowest BCUT2D eigenvalue weighted by Gasteiger charge is -2.23. The van der Waals surface area contributed by atoms with Crippen molar-refractivity contribution in [2.45, 2.75) is 13.3 Å². The zero-order valence-electron chi connectivity index (χ0n) is 13.8. The van der Waals surface area contributed by atoms with E-state index in [2.05, 4.69) is 5.32 Å². The molecule has 0 aliphatic carbocycles. The molecular formula is C16H26N2O4. The van der Waals surface area contributed by atoms with Crippen LogP contribution in [0.4, 0.5) is 10.5 Å². The van der Waals surface area contributed by atoms with Gasteiger partial charge in [0.1, 0.15) is 5.75 Å². The first-order valence-electron chi connectivity index (χ1n) is 7.30. The van der Waals surface area contributed by atoms with Crippen LogP contribution in [0.15, 0.2) is 18.2 Å². The average Bonchev–Trinajstić information content (AvgIpc) is 2.51. The molecule has 1 aromatic carbocycles. The quantitative estimate of drug-likeness (QED) is 0.712. The minimum absolute atomic E-state index is 0.141. The third kappa shape index (κ3) is 5.91. The molecule has 1 aromatic rings. The summed E-state index contributed by atoms with van der Waals surface area (Å²) in [6.45, 7) is 4.23. The third-order valence-corrected chi connectivity index (χ3v) is 3.28. The molecule has 6 nitrogen and oxygen atoms in total. The maximum absolute atomic E-state index is 12.4. The van der Waals surface area contributed by atoms with Gasteiger partial charge in [-0.2, -0.15) is 0 Å². The summed E-state index contributed by atoms with van der Waals surface area (Å²) >= 11 is 0. The Bertz CT molecular complexity index is 465. The van der Waals surface area contributed by atoms with Crippen LogP contribution in [-0.2, 0) is 9.47 Å². The lowest BCUT2D eigenvalue weighted by atomic mass is 10.2. The highest BCUT2D eigenvalue weighted by molar-refractivity contribution is 5.89. The number of carbonyl (C=O) groups excluding carboxylic acids is 1. The Morgan fingerprint density at radius 2 is 1.86 bits per heavy atom. The van der Waals surface area contributed by atoms with Crippen molar-refractivity contribution in [3.63, 3.8) is 0 Å². The number of aryl methyl sites for hydroxylation is 1. The summed E-state index contributed by atoms with van der Waals surface area (Å²) in [5.74, 6) is 0.800. The van der Waals surface area contributed by atoms with E-state index in [0.29, 0.717) is 26.3 Å². The van der Waals surface area contributed by atoms with Gasteiger partial charge in [-0.25, -0.2) is 4.79 Å². The van der Waals surface area contributed by atoms with E-state index in [0.717, 1.165) is 23.4 Å². The number of methoxy groups -OCH3 is 3. The first-order chi connectivity index (χ1) is 10.6. The van der Waals surface area contributed by atoms with Crippen molar-refractivity contribution in [2.75, 3.05) is 52.9 Å². The van der Waals surface area contributed by atoms with Crippen molar-refractivity contribution in [3.8, 4) is 5.75 Å². The van der Waals surface area contributed by atoms with Crippen molar-refractivity contribution in [3.05, 3.63) is 23.8 Å². The van der Waals surface area contributed by atoms with E-state index in [-0.39, 0.29) is 6.03 Å². The highest BCUT2D eigenvalue weighted by atomic mass is 16.5. The van der Waals surface area contributed by atoms with Gasteiger partial charge in [0.25, 0.3) is 0 Å². The number of benzene rings is 1. The van der Waals surface area contributed by atoms with Crippen LogP contribution in [0.1, 0.15) is 12.0 Å². The minimum atomic E-state index is -0.141. The molecule has 1 N–H and O–H groups in total. The molecule has 0 aromatic heterocycles. The summed E-state index contributed by atoms with van der Waals surface area (Å²) in [6.07, 6.45) is 0.787. The number of anilines is 1. The van der Waals surface area contributed by atoms with Crippen LogP contribution < -0.4 is 10.1 Å². The van der Waals surface area contributed by atoms with Gasteiger partial charge in [-0.05, 0) is 37.1 Å². The zero-order chi connectivity index (χ0) is 16.4. The van der Waals surface area contributed by atoms with E-state index in [9.17, 15) is 4.79 Å². The number of ether oxygens (including phenoxy) is 3. The van der Waals surface area contributed by atoms with Gasteiger partial charge in [-0.1, -0.05) is 0 Å². The summed E-state index contributed by atoms with van der Waals surface area (Å²) in [6, 6.07) is 5.42. The second kappa shape index (κ2) is 10.0. The lowest BCUT2D eigenvalue weighted by Crippen LogP contribution is -2.38. The van der Waals surface area contributed by atoms with Crippen LogP contribution in [0.2, 0.25) is 0 Å². The highest BCUT2D eigenvalue weighted by Gasteiger charge is 2.13. The number of urea groups is 1. The predicted molar refractivity (Wildman–Crippen MR) is 86.7 cm³/mol. The summed E-state index contributed by atoms with van der Waals surface area (Å²) in [5, 5.41) is 2.91. The Labute approximate surface area is 132 Å². The monoisotopic (exact) mass is 310 g/mol. The number of nitrogens with zero attached hydrogens (tertiary/aromatic N) is 1. The van der Waals surface area contributed by atoms with Crippen LogP contribution in [-0.4, -0.2) is 58.6 Å². The molecule has 1 rings (SSSR count). The minimum Gasteiger partial charge on any atom is -0.496 e. The molecule has 124 valence electrons. The molecule has 22 heavy (non-hydrogen) atoms. The van der Waals surface area contributed by atoms with E-state index in [4.69, 9.17) is 14.2 Å². The van der Waals surface area contributed by atoms with Gasteiger partial charge >= 0.3 is 6.03 Å². The van der Waals surface area contributed by atoms with Gasteiger partial charge in [-0.15, -0.1) is 0 Å². The molecule has 0 aliphatic heterocycles. The number of carbonyl (C=O) groups is 1. The van der Waals surface area contributed by atoms with Crippen molar-refractivity contribution in [1.29, 1.82) is 0 Å². The smallest absolute Gasteiger partial charge is 0.321 e. The summed E-state index contributed by atoms with van der Waals surface area (Å²) in [5.41, 5.74) is 1.72. The maximum atomic E-state index is 12.4. The Balaban J connectivity index is 2.65. The van der Waals surface area contributed by atoms with Gasteiger partial charge in [0.2, 0.25) is 0 Å². The Kier molecular flexibility index (Phi) is 8.32. The molecule has 0 radical (unpaired) electrons. The second-order valence-electron chi connectivity index (χ2n) is 4.94. The van der Waals surface area contributed by atoms with Crippen molar-refractivity contribution < 1.29 is 19.0 Å². The zero-order valence-corrected chi connectivity index (χ0v) is 13.8. The molecule has 0 saturated carbocycles. The predicted octanol–water partition coefficient (Wildman–Crippen LogP) is 2.52.